The zero-order chi connectivity index (χ0) is 12.4. The number of carbonyl (C=O) groups is 2. The van der Waals surface area contributed by atoms with Crippen LogP contribution < -0.4 is 10.2 Å². The van der Waals surface area contributed by atoms with E-state index in [9.17, 15) is 19.8 Å². The molecule has 16 heavy (non-hydrogen) atoms. The number of rotatable bonds is 10. The summed E-state index contributed by atoms with van der Waals surface area (Å²) in [6.07, 6.45) is 5.38. The van der Waals surface area contributed by atoms with E-state index < -0.39 is 17.9 Å². The van der Waals surface area contributed by atoms with E-state index in [0.717, 1.165) is 25.7 Å². The van der Waals surface area contributed by atoms with Crippen molar-refractivity contribution < 1.29 is 19.8 Å². The van der Waals surface area contributed by atoms with Gasteiger partial charge in [-0.25, -0.2) is 0 Å². The Balaban J connectivity index is 3.71. The average molecular weight is 228 g/mol. The number of unbranched alkanes of at least 4 members (excludes halogenated alkanes) is 3. The molecule has 0 aliphatic rings. The fraction of sp³-hybridized carbons (Fsp3) is 0.833. The van der Waals surface area contributed by atoms with Crippen molar-refractivity contribution in [1.82, 2.24) is 0 Å². The van der Waals surface area contributed by atoms with Gasteiger partial charge in [-0.2, -0.15) is 0 Å². The molecule has 0 saturated heterocycles. The lowest BCUT2D eigenvalue weighted by Gasteiger charge is -2.17. The number of hydrogen-bond acceptors (Lipinski definition) is 4. The Bertz CT molecular complexity index is 213. The average Bonchev–Trinajstić information content (AvgIpc) is 2.20. The van der Waals surface area contributed by atoms with Gasteiger partial charge >= 0.3 is 0 Å². The van der Waals surface area contributed by atoms with Gasteiger partial charge in [-0.1, -0.05) is 32.6 Å². The lowest BCUT2D eigenvalue weighted by Crippen LogP contribution is -2.31. The summed E-state index contributed by atoms with van der Waals surface area (Å²) >= 11 is 0. The van der Waals surface area contributed by atoms with Crippen LogP contribution in [0.15, 0.2) is 0 Å². The molecule has 0 aromatic rings. The van der Waals surface area contributed by atoms with Crippen LogP contribution in [0, 0.1) is 5.92 Å². The van der Waals surface area contributed by atoms with E-state index in [-0.39, 0.29) is 6.42 Å². The summed E-state index contributed by atoms with van der Waals surface area (Å²) in [6.45, 7) is 2.09. The summed E-state index contributed by atoms with van der Waals surface area (Å²) in [6, 6.07) is 0. The summed E-state index contributed by atoms with van der Waals surface area (Å²) in [5.74, 6) is -2.69. The van der Waals surface area contributed by atoms with Crippen LogP contribution in [-0.2, 0) is 9.59 Å². The molecular weight excluding hydrogens is 208 g/mol. The van der Waals surface area contributed by atoms with E-state index in [1.54, 1.807) is 0 Å². The van der Waals surface area contributed by atoms with Crippen molar-refractivity contribution in [2.75, 3.05) is 0 Å². The molecule has 0 N–H and O–H groups in total. The van der Waals surface area contributed by atoms with E-state index in [1.807, 2.05) is 0 Å². The first-order valence-corrected chi connectivity index (χ1v) is 5.98. The normalized spacial score (nSPS) is 12.3. The molecule has 0 heterocycles. The van der Waals surface area contributed by atoms with Gasteiger partial charge in [0.05, 0.1) is 0 Å². The third kappa shape index (κ3) is 8.26. The molecule has 0 fully saturated rings. The molecular formula is C12H20O4-2. The molecule has 0 spiro atoms. The van der Waals surface area contributed by atoms with Crippen molar-refractivity contribution in [2.45, 2.75) is 58.3 Å². The second-order valence-electron chi connectivity index (χ2n) is 4.13. The van der Waals surface area contributed by atoms with Crippen LogP contribution in [0.25, 0.3) is 0 Å². The molecule has 0 aromatic carbocycles. The van der Waals surface area contributed by atoms with Gasteiger partial charge in [0.25, 0.3) is 0 Å². The monoisotopic (exact) mass is 228 g/mol. The summed E-state index contributed by atoms with van der Waals surface area (Å²) in [4.78, 5) is 20.9. The molecule has 0 bridgehead atoms. The molecule has 0 saturated carbocycles. The van der Waals surface area contributed by atoms with E-state index >= 15 is 0 Å². The van der Waals surface area contributed by atoms with Crippen LogP contribution in [0.4, 0.5) is 0 Å². The highest BCUT2D eigenvalue weighted by molar-refractivity contribution is 5.68. The largest absolute Gasteiger partial charge is 0.550 e. The molecule has 4 nitrogen and oxygen atoms in total. The highest BCUT2D eigenvalue weighted by Gasteiger charge is 2.09. The summed E-state index contributed by atoms with van der Waals surface area (Å²) in [5.41, 5.74) is 0. The molecule has 0 aromatic heterocycles. The van der Waals surface area contributed by atoms with Crippen molar-refractivity contribution in [3.63, 3.8) is 0 Å². The topological polar surface area (TPSA) is 80.3 Å². The Morgan fingerprint density at radius 3 is 2.12 bits per heavy atom. The molecule has 1 atom stereocenters. The van der Waals surface area contributed by atoms with Crippen LogP contribution in [0.2, 0.25) is 0 Å². The maximum Gasteiger partial charge on any atom is 0.0445 e. The minimum atomic E-state index is -1.12. The maximum atomic E-state index is 10.8. The minimum Gasteiger partial charge on any atom is -0.550 e. The van der Waals surface area contributed by atoms with Crippen molar-refractivity contribution >= 4 is 11.9 Å². The van der Waals surface area contributed by atoms with Crippen molar-refractivity contribution in [3.8, 4) is 0 Å². The predicted molar refractivity (Wildman–Crippen MR) is 56.1 cm³/mol. The maximum absolute atomic E-state index is 10.8. The summed E-state index contributed by atoms with van der Waals surface area (Å²) < 4.78 is 0. The van der Waals surface area contributed by atoms with Crippen molar-refractivity contribution in [3.05, 3.63) is 0 Å². The molecule has 94 valence electrons. The Kier molecular flexibility index (Phi) is 8.58. The third-order valence-electron chi connectivity index (χ3n) is 2.67. The zero-order valence-electron chi connectivity index (χ0n) is 9.87. The molecule has 0 amide bonds. The van der Waals surface area contributed by atoms with E-state index in [0.29, 0.717) is 19.3 Å². The SMILES string of the molecule is CCCCCCC(CCCC(=O)[O-])C(=O)[O-]. The quantitative estimate of drug-likeness (QED) is 0.502. The van der Waals surface area contributed by atoms with Crippen LogP contribution >= 0.6 is 0 Å². The van der Waals surface area contributed by atoms with Crippen molar-refractivity contribution in [1.29, 1.82) is 0 Å². The number of carboxylic acids is 2. The fourth-order valence-corrected chi connectivity index (χ4v) is 1.69. The Morgan fingerprint density at radius 2 is 1.62 bits per heavy atom. The molecule has 4 heteroatoms. The van der Waals surface area contributed by atoms with Gasteiger partial charge in [-0.3, -0.25) is 0 Å². The Morgan fingerprint density at radius 1 is 1.00 bits per heavy atom. The molecule has 0 rings (SSSR count). The van der Waals surface area contributed by atoms with Crippen LogP contribution in [-0.4, -0.2) is 11.9 Å². The second kappa shape index (κ2) is 9.19. The lowest BCUT2D eigenvalue weighted by molar-refractivity contribution is -0.313. The van der Waals surface area contributed by atoms with Crippen molar-refractivity contribution in [2.24, 2.45) is 5.92 Å². The van der Waals surface area contributed by atoms with Crippen LogP contribution in [0.1, 0.15) is 58.3 Å². The van der Waals surface area contributed by atoms with Gasteiger partial charge in [0.1, 0.15) is 0 Å². The second-order valence-corrected chi connectivity index (χ2v) is 4.13. The smallest absolute Gasteiger partial charge is 0.0445 e. The number of carbonyl (C=O) groups excluding carboxylic acids is 2. The lowest BCUT2D eigenvalue weighted by atomic mass is 9.95. The van der Waals surface area contributed by atoms with E-state index in [1.165, 1.54) is 0 Å². The third-order valence-corrected chi connectivity index (χ3v) is 2.67. The zero-order valence-corrected chi connectivity index (χ0v) is 9.87. The van der Waals surface area contributed by atoms with Gasteiger partial charge < -0.3 is 19.8 Å². The molecule has 1 unspecified atom stereocenters. The Labute approximate surface area is 96.7 Å². The minimum absolute atomic E-state index is 0.0707. The van der Waals surface area contributed by atoms with E-state index in [4.69, 9.17) is 0 Å². The number of hydrogen-bond donors (Lipinski definition) is 0. The van der Waals surface area contributed by atoms with E-state index in [2.05, 4.69) is 6.92 Å². The first-order valence-electron chi connectivity index (χ1n) is 5.98. The van der Waals surface area contributed by atoms with Gasteiger partial charge in [0.15, 0.2) is 0 Å². The van der Waals surface area contributed by atoms with Gasteiger partial charge in [0, 0.05) is 11.9 Å². The number of aliphatic carboxylic acids is 2. The summed E-state index contributed by atoms with van der Waals surface area (Å²) in [5, 5.41) is 20.9. The fourth-order valence-electron chi connectivity index (χ4n) is 1.69. The van der Waals surface area contributed by atoms with Crippen LogP contribution in [0.5, 0.6) is 0 Å². The number of carboxylic acid groups (broad SMARTS) is 2. The Hall–Kier alpha value is -1.06. The van der Waals surface area contributed by atoms with Gasteiger partial charge in [-0.05, 0) is 31.6 Å². The first-order chi connectivity index (χ1) is 7.57. The predicted octanol–water partition coefficient (Wildman–Crippen LogP) is 0.243. The molecule has 0 aliphatic carbocycles. The van der Waals surface area contributed by atoms with Gasteiger partial charge in [-0.15, -0.1) is 0 Å². The van der Waals surface area contributed by atoms with Gasteiger partial charge in [0.2, 0.25) is 0 Å². The standard InChI is InChI=1S/C12H22O4/c1-2-3-4-5-7-10(12(15)16)8-6-9-11(13)14/h10H,2-9H2,1H3,(H,13,14)(H,15,16)/p-2. The van der Waals surface area contributed by atoms with Crippen LogP contribution in [0.3, 0.4) is 0 Å². The highest BCUT2D eigenvalue weighted by Crippen LogP contribution is 2.16. The molecule has 0 aliphatic heterocycles. The molecule has 0 radical (unpaired) electrons. The first kappa shape index (κ1) is 14.9. The summed E-state index contributed by atoms with van der Waals surface area (Å²) in [7, 11) is 0. The highest BCUT2D eigenvalue weighted by atomic mass is 16.4.